The number of rotatable bonds is 3. The number of halogens is 2. The Morgan fingerprint density at radius 1 is 1.44 bits per heavy atom. The van der Waals surface area contributed by atoms with Gasteiger partial charge in [-0.1, -0.05) is 38.8 Å². The third kappa shape index (κ3) is 2.75. The van der Waals surface area contributed by atoms with E-state index in [1.165, 1.54) is 5.56 Å². The molecule has 100 valence electrons. The smallest absolute Gasteiger partial charge is 0.123 e. The lowest BCUT2D eigenvalue weighted by molar-refractivity contribution is 0.0929. The maximum absolute atomic E-state index is 5.83. The molecule has 18 heavy (non-hydrogen) atoms. The van der Waals surface area contributed by atoms with Crippen LogP contribution in [0.1, 0.15) is 29.3 Å². The van der Waals surface area contributed by atoms with Gasteiger partial charge in [0.05, 0.1) is 18.0 Å². The Labute approximate surface area is 125 Å². The van der Waals surface area contributed by atoms with Crippen molar-refractivity contribution in [2.75, 3.05) is 13.7 Å². The van der Waals surface area contributed by atoms with E-state index in [1.807, 2.05) is 0 Å². The van der Waals surface area contributed by atoms with Gasteiger partial charge in [-0.05, 0) is 37.0 Å². The first-order valence-corrected chi connectivity index (χ1v) is 7.85. The van der Waals surface area contributed by atoms with Crippen molar-refractivity contribution in [2.45, 2.75) is 31.2 Å². The van der Waals surface area contributed by atoms with E-state index < -0.39 is 0 Å². The van der Waals surface area contributed by atoms with Crippen molar-refractivity contribution in [3.63, 3.8) is 0 Å². The van der Waals surface area contributed by atoms with Crippen molar-refractivity contribution in [1.82, 2.24) is 0 Å². The lowest BCUT2D eigenvalue weighted by Crippen LogP contribution is -2.19. The van der Waals surface area contributed by atoms with Crippen LogP contribution >= 0.6 is 31.9 Å². The molecule has 0 saturated carbocycles. The number of aryl methyl sites for hydroxylation is 1. The molecule has 0 radical (unpaired) electrons. The van der Waals surface area contributed by atoms with Crippen LogP contribution in [0.5, 0.6) is 5.75 Å². The monoisotopic (exact) mass is 376 g/mol. The molecule has 0 aliphatic carbocycles. The van der Waals surface area contributed by atoms with Crippen LogP contribution in [0.25, 0.3) is 0 Å². The number of benzene rings is 1. The van der Waals surface area contributed by atoms with Crippen LogP contribution in [0.2, 0.25) is 0 Å². The fraction of sp³-hybridized carbons (Fsp3) is 0.571. The largest absolute Gasteiger partial charge is 0.496 e. The van der Waals surface area contributed by atoms with Crippen molar-refractivity contribution in [2.24, 2.45) is 5.92 Å². The minimum absolute atomic E-state index is 0.168. The standard InChI is InChI=1S/C14H18Br2O2/c1-8-4-5-18-14(8)13(16)10-7-11(15)9(2)6-12(10)17-3/h6-8,13-14H,4-5H2,1-3H3. The van der Waals surface area contributed by atoms with Gasteiger partial charge in [0.25, 0.3) is 0 Å². The average molecular weight is 378 g/mol. The summed E-state index contributed by atoms with van der Waals surface area (Å²) in [6.07, 6.45) is 1.34. The average Bonchev–Trinajstić information content (AvgIpc) is 2.77. The highest BCUT2D eigenvalue weighted by atomic mass is 79.9. The van der Waals surface area contributed by atoms with Crippen LogP contribution in [-0.4, -0.2) is 19.8 Å². The molecular weight excluding hydrogens is 360 g/mol. The number of methoxy groups -OCH3 is 1. The maximum atomic E-state index is 5.83. The number of hydrogen-bond acceptors (Lipinski definition) is 2. The summed E-state index contributed by atoms with van der Waals surface area (Å²) < 4.78 is 12.4. The first-order valence-electron chi connectivity index (χ1n) is 6.14. The molecule has 4 heteroatoms. The van der Waals surface area contributed by atoms with Gasteiger partial charge in [-0.3, -0.25) is 0 Å². The Kier molecular flexibility index (Phi) is 4.73. The number of hydrogen-bond donors (Lipinski definition) is 0. The van der Waals surface area contributed by atoms with Gasteiger partial charge in [0, 0.05) is 16.6 Å². The SMILES string of the molecule is COc1cc(C)c(Br)cc1C(Br)C1OCCC1C. The zero-order valence-corrected chi connectivity index (χ0v) is 14.0. The van der Waals surface area contributed by atoms with Gasteiger partial charge in [-0.2, -0.15) is 0 Å². The maximum Gasteiger partial charge on any atom is 0.123 e. The minimum atomic E-state index is 0.168. The zero-order chi connectivity index (χ0) is 13.3. The van der Waals surface area contributed by atoms with Crippen molar-refractivity contribution < 1.29 is 9.47 Å². The van der Waals surface area contributed by atoms with Crippen LogP contribution in [0.3, 0.4) is 0 Å². The van der Waals surface area contributed by atoms with E-state index in [0.29, 0.717) is 5.92 Å². The van der Waals surface area contributed by atoms with Crippen molar-refractivity contribution in [1.29, 1.82) is 0 Å². The molecule has 0 aromatic heterocycles. The van der Waals surface area contributed by atoms with E-state index in [1.54, 1.807) is 7.11 Å². The predicted molar refractivity (Wildman–Crippen MR) is 80.6 cm³/mol. The van der Waals surface area contributed by atoms with E-state index in [2.05, 4.69) is 57.8 Å². The molecule has 1 heterocycles. The van der Waals surface area contributed by atoms with Crippen LogP contribution in [0.4, 0.5) is 0 Å². The van der Waals surface area contributed by atoms with Crippen molar-refractivity contribution in [3.05, 3.63) is 27.7 Å². The molecule has 1 aliphatic heterocycles. The molecule has 3 unspecified atom stereocenters. The summed E-state index contributed by atoms with van der Waals surface area (Å²) >= 11 is 7.36. The van der Waals surface area contributed by atoms with Crippen molar-refractivity contribution >= 4 is 31.9 Å². The van der Waals surface area contributed by atoms with Crippen LogP contribution in [-0.2, 0) is 4.74 Å². The third-order valence-electron chi connectivity index (χ3n) is 3.54. The second-order valence-corrected chi connectivity index (χ2v) is 6.69. The molecule has 1 aliphatic rings. The molecule has 1 fully saturated rings. The van der Waals surface area contributed by atoms with Gasteiger partial charge in [-0.15, -0.1) is 0 Å². The fourth-order valence-electron chi connectivity index (χ4n) is 2.33. The highest BCUT2D eigenvalue weighted by Crippen LogP contribution is 2.42. The highest BCUT2D eigenvalue weighted by Gasteiger charge is 2.33. The summed E-state index contributed by atoms with van der Waals surface area (Å²) in [5.41, 5.74) is 2.32. The predicted octanol–water partition coefficient (Wildman–Crippen LogP) is 4.63. The van der Waals surface area contributed by atoms with Gasteiger partial charge >= 0.3 is 0 Å². The molecule has 2 rings (SSSR count). The van der Waals surface area contributed by atoms with Crippen molar-refractivity contribution in [3.8, 4) is 5.75 Å². The Hall–Kier alpha value is -0.0600. The number of alkyl halides is 1. The Bertz CT molecular complexity index is 434. The van der Waals surface area contributed by atoms with Crippen LogP contribution in [0, 0.1) is 12.8 Å². The second-order valence-electron chi connectivity index (χ2n) is 4.85. The lowest BCUT2D eigenvalue weighted by Gasteiger charge is -2.23. The molecule has 0 N–H and O–H groups in total. The minimum Gasteiger partial charge on any atom is -0.496 e. The summed E-state index contributed by atoms with van der Waals surface area (Å²) in [4.78, 5) is 0.168. The lowest BCUT2D eigenvalue weighted by atomic mass is 9.96. The summed E-state index contributed by atoms with van der Waals surface area (Å²) in [6.45, 7) is 5.15. The second kappa shape index (κ2) is 5.93. The normalized spacial score (nSPS) is 25.2. The Balaban J connectivity index is 2.34. The quantitative estimate of drug-likeness (QED) is 0.715. The topological polar surface area (TPSA) is 18.5 Å². The molecule has 2 nitrogen and oxygen atoms in total. The number of ether oxygens (including phenoxy) is 2. The fourth-order valence-corrected chi connectivity index (χ4v) is 3.72. The molecular formula is C14H18Br2O2. The van der Waals surface area contributed by atoms with Gasteiger partial charge < -0.3 is 9.47 Å². The highest BCUT2D eigenvalue weighted by molar-refractivity contribution is 9.10. The summed E-state index contributed by atoms with van der Waals surface area (Å²) in [5, 5.41) is 0. The van der Waals surface area contributed by atoms with E-state index in [-0.39, 0.29) is 10.9 Å². The first kappa shape index (κ1) is 14.4. The summed E-state index contributed by atoms with van der Waals surface area (Å²) in [7, 11) is 1.71. The van der Waals surface area contributed by atoms with E-state index in [9.17, 15) is 0 Å². The van der Waals surface area contributed by atoms with Gasteiger partial charge in [-0.25, -0.2) is 0 Å². The Morgan fingerprint density at radius 2 is 2.17 bits per heavy atom. The molecule has 1 saturated heterocycles. The molecule has 0 spiro atoms. The van der Waals surface area contributed by atoms with E-state index >= 15 is 0 Å². The first-order chi connectivity index (χ1) is 8.54. The molecule has 0 bridgehead atoms. The van der Waals surface area contributed by atoms with E-state index in [4.69, 9.17) is 9.47 Å². The molecule has 1 aromatic carbocycles. The van der Waals surface area contributed by atoms with E-state index in [0.717, 1.165) is 28.8 Å². The summed E-state index contributed by atoms with van der Waals surface area (Å²) in [5.74, 6) is 1.49. The van der Waals surface area contributed by atoms with Crippen LogP contribution in [0.15, 0.2) is 16.6 Å². The van der Waals surface area contributed by atoms with Gasteiger partial charge in [0.2, 0.25) is 0 Å². The molecule has 3 atom stereocenters. The van der Waals surface area contributed by atoms with Gasteiger partial charge in [0.15, 0.2) is 0 Å². The van der Waals surface area contributed by atoms with Crippen LogP contribution < -0.4 is 4.74 Å². The third-order valence-corrected chi connectivity index (χ3v) is 5.41. The molecule has 1 aromatic rings. The molecule has 0 amide bonds. The zero-order valence-electron chi connectivity index (χ0n) is 10.9. The Morgan fingerprint density at radius 3 is 2.72 bits per heavy atom. The summed E-state index contributed by atoms with van der Waals surface area (Å²) in [6, 6.07) is 4.19. The van der Waals surface area contributed by atoms with Gasteiger partial charge in [0.1, 0.15) is 5.75 Å².